The van der Waals surface area contributed by atoms with Crippen LogP contribution in [0.2, 0.25) is 0 Å². The number of amides is 1. The van der Waals surface area contributed by atoms with Crippen LogP contribution in [-0.2, 0) is 4.79 Å². The van der Waals surface area contributed by atoms with Crippen LogP contribution < -0.4 is 20.6 Å². The third-order valence-electron chi connectivity index (χ3n) is 3.57. The Bertz CT molecular complexity index is 733. The summed E-state index contributed by atoms with van der Waals surface area (Å²) in [6, 6.07) is 13.7. The van der Waals surface area contributed by atoms with Crippen LogP contribution in [0.15, 0.2) is 58.9 Å². The predicted molar refractivity (Wildman–Crippen MR) is 84.3 cm³/mol. The molecule has 0 spiro atoms. The van der Waals surface area contributed by atoms with Crippen LogP contribution >= 0.6 is 0 Å². The average Bonchev–Trinajstić information content (AvgIpc) is 2.72. The number of anilines is 1. The van der Waals surface area contributed by atoms with Gasteiger partial charge in [-0.2, -0.15) is 5.11 Å². The van der Waals surface area contributed by atoms with E-state index in [4.69, 9.17) is 15.3 Å². The lowest BCUT2D eigenvalue weighted by Crippen LogP contribution is -2.32. The van der Waals surface area contributed by atoms with E-state index in [1.807, 2.05) is 30.3 Å². The van der Waals surface area contributed by atoms with E-state index >= 15 is 0 Å². The monoisotopic (exact) mass is 312 g/mol. The number of methoxy groups -OCH3 is 1. The maximum absolute atomic E-state index is 12.5. The molecule has 0 saturated heterocycles. The molecule has 0 fully saturated rings. The molecule has 1 amide bonds. The molecule has 1 heterocycles. The van der Waals surface area contributed by atoms with Gasteiger partial charge in [-0.15, -0.1) is 0 Å². The van der Waals surface area contributed by atoms with E-state index < -0.39 is 12.1 Å². The molecule has 0 unspecified atom stereocenters. The number of hydrogen-bond acceptors (Lipinski definition) is 5. The van der Waals surface area contributed by atoms with Crippen LogP contribution in [0.5, 0.6) is 11.5 Å². The lowest BCUT2D eigenvalue weighted by Gasteiger charge is -2.20. The minimum absolute atomic E-state index is 0.347. The van der Waals surface area contributed by atoms with Crippen LogP contribution in [0.3, 0.4) is 0 Å². The Morgan fingerprint density at radius 2 is 2.00 bits per heavy atom. The van der Waals surface area contributed by atoms with Crippen molar-refractivity contribution >= 4 is 11.6 Å². The zero-order valence-electron chi connectivity index (χ0n) is 12.5. The molecule has 3 N–H and O–H groups in total. The summed E-state index contributed by atoms with van der Waals surface area (Å²) >= 11 is 0. The van der Waals surface area contributed by atoms with Gasteiger partial charge in [-0.05, 0) is 17.7 Å². The summed E-state index contributed by atoms with van der Waals surface area (Å²) in [5.74, 6) is 5.96. The van der Waals surface area contributed by atoms with Crippen molar-refractivity contribution in [2.75, 3.05) is 12.4 Å². The molecule has 2 aromatic rings. The van der Waals surface area contributed by atoms with Gasteiger partial charge in [-0.25, -0.2) is 0 Å². The van der Waals surface area contributed by atoms with E-state index in [1.54, 1.807) is 25.3 Å². The average molecular weight is 312 g/mol. The van der Waals surface area contributed by atoms with E-state index in [0.717, 1.165) is 5.56 Å². The first kappa shape index (κ1) is 14.8. The molecule has 3 rings (SSSR count). The molecule has 1 aliphatic heterocycles. The van der Waals surface area contributed by atoms with Crippen molar-refractivity contribution < 1.29 is 14.3 Å². The van der Waals surface area contributed by atoms with Gasteiger partial charge in [0, 0.05) is 6.07 Å². The maximum Gasteiger partial charge on any atom is 0.255 e. The zero-order chi connectivity index (χ0) is 16.2. The smallest absolute Gasteiger partial charge is 0.255 e. The van der Waals surface area contributed by atoms with Crippen LogP contribution in [-0.4, -0.2) is 19.1 Å². The fourth-order valence-electron chi connectivity index (χ4n) is 2.46. The summed E-state index contributed by atoms with van der Waals surface area (Å²) in [6.45, 7) is 0. The highest BCUT2D eigenvalue weighted by Crippen LogP contribution is 2.37. The number of nitrogens with one attached hydrogen (secondary N) is 1. The van der Waals surface area contributed by atoms with Gasteiger partial charge in [-0.1, -0.05) is 35.6 Å². The Balaban J connectivity index is 2.06. The lowest BCUT2D eigenvalue weighted by molar-refractivity contribution is -0.119. The number of ether oxygens (including phenoxy) is 2. The number of rotatable bonds is 3. The Morgan fingerprint density at radius 1 is 1.22 bits per heavy atom. The van der Waals surface area contributed by atoms with Crippen LogP contribution in [0.4, 0.5) is 5.69 Å². The van der Waals surface area contributed by atoms with Crippen LogP contribution in [0.25, 0.3) is 0 Å². The zero-order valence-corrected chi connectivity index (χ0v) is 12.5. The van der Waals surface area contributed by atoms with Gasteiger partial charge in [0.15, 0.2) is 12.1 Å². The van der Waals surface area contributed by atoms with Gasteiger partial charge in [-0.3, -0.25) is 4.79 Å². The van der Waals surface area contributed by atoms with Crippen LogP contribution in [0.1, 0.15) is 11.7 Å². The molecular formula is C16H16N4O3. The van der Waals surface area contributed by atoms with Crippen molar-refractivity contribution in [1.29, 1.82) is 0 Å². The minimum Gasteiger partial charge on any atom is -0.497 e. The number of fused-ring (bicyclic) bond motifs is 1. The van der Waals surface area contributed by atoms with E-state index in [1.165, 1.54) is 0 Å². The molecular weight excluding hydrogens is 296 g/mol. The van der Waals surface area contributed by atoms with Gasteiger partial charge in [0.25, 0.3) is 5.91 Å². The topological polar surface area (TPSA) is 98.3 Å². The fraction of sp³-hybridized carbons (Fsp3) is 0.188. The molecule has 1 aliphatic rings. The number of nitrogens with zero attached hydrogens (tertiary/aromatic N) is 2. The Kier molecular flexibility index (Phi) is 4.09. The van der Waals surface area contributed by atoms with E-state index in [2.05, 4.69) is 15.7 Å². The summed E-state index contributed by atoms with van der Waals surface area (Å²) in [5, 5.41) is 9.90. The second-order valence-corrected chi connectivity index (χ2v) is 4.98. The van der Waals surface area contributed by atoms with Gasteiger partial charge >= 0.3 is 0 Å². The molecule has 2 atom stereocenters. The molecule has 7 nitrogen and oxygen atoms in total. The molecule has 0 aliphatic carbocycles. The fourth-order valence-corrected chi connectivity index (χ4v) is 2.46. The largest absolute Gasteiger partial charge is 0.497 e. The highest BCUT2D eigenvalue weighted by molar-refractivity contribution is 5.97. The Morgan fingerprint density at radius 3 is 2.70 bits per heavy atom. The SMILES string of the molecule is COc1ccc2c(c1)NC(=O)[C@@H](N=NN)[C@@H](c1ccccc1)O2. The Hall–Kier alpha value is -3.09. The molecule has 0 saturated carbocycles. The molecule has 118 valence electrons. The summed E-state index contributed by atoms with van der Waals surface area (Å²) in [5.41, 5.74) is 1.33. The Labute approximate surface area is 133 Å². The summed E-state index contributed by atoms with van der Waals surface area (Å²) < 4.78 is 11.2. The first-order valence-corrected chi connectivity index (χ1v) is 7.03. The van der Waals surface area contributed by atoms with Crippen molar-refractivity contribution in [3.63, 3.8) is 0 Å². The third-order valence-corrected chi connectivity index (χ3v) is 3.57. The highest BCUT2D eigenvalue weighted by Gasteiger charge is 2.35. The van der Waals surface area contributed by atoms with Gasteiger partial charge < -0.3 is 20.6 Å². The lowest BCUT2D eigenvalue weighted by atomic mass is 10.0. The molecule has 2 aromatic carbocycles. The maximum atomic E-state index is 12.5. The van der Waals surface area contributed by atoms with Gasteiger partial charge in [0.1, 0.15) is 11.5 Å². The first-order valence-electron chi connectivity index (χ1n) is 7.03. The quantitative estimate of drug-likeness (QED) is 0.516. The van der Waals surface area contributed by atoms with E-state index in [0.29, 0.717) is 17.2 Å². The van der Waals surface area contributed by atoms with E-state index in [9.17, 15) is 4.79 Å². The van der Waals surface area contributed by atoms with Crippen LogP contribution in [0, 0.1) is 0 Å². The minimum atomic E-state index is -0.888. The number of carbonyl (C=O) groups excluding carboxylic acids is 1. The number of carbonyl (C=O) groups is 1. The van der Waals surface area contributed by atoms with Gasteiger partial charge in [0.2, 0.25) is 0 Å². The molecule has 0 bridgehead atoms. The van der Waals surface area contributed by atoms with Gasteiger partial charge in [0.05, 0.1) is 12.8 Å². The molecule has 23 heavy (non-hydrogen) atoms. The second kappa shape index (κ2) is 6.35. The number of benzene rings is 2. The second-order valence-electron chi connectivity index (χ2n) is 4.98. The van der Waals surface area contributed by atoms with Crippen molar-refractivity contribution in [3.8, 4) is 11.5 Å². The normalized spacial score (nSPS) is 20.3. The van der Waals surface area contributed by atoms with Crippen molar-refractivity contribution in [3.05, 3.63) is 54.1 Å². The number of hydrogen-bond donors (Lipinski definition) is 2. The summed E-state index contributed by atoms with van der Waals surface area (Å²) in [4.78, 5) is 12.5. The molecule has 0 aromatic heterocycles. The van der Waals surface area contributed by atoms with E-state index in [-0.39, 0.29) is 5.91 Å². The highest BCUT2D eigenvalue weighted by atomic mass is 16.5. The first-order chi connectivity index (χ1) is 11.2. The summed E-state index contributed by atoms with van der Waals surface area (Å²) in [6.07, 6.45) is -0.627. The predicted octanol–water partition coefficient (Wildman–Crippen LogP) is 2.46. The number of nitrogens with two attached hydrogens (primary N) is 1. The molecule has 0 radical (unpaired) electrons. The van der Waals surface area contributed by atoms with Crippen molar-refractivity contribution in [1.82, 2.24) is 0 Å². The van der Waals surface area contributed by atoms with Crippen molar-refractivity contribution in [2.24, 2.45) is 16.2 Å². The third kappa shape index (κ3) is 2.94. The summed E-state index contributed by atoms with van der Waals surface area (Å²) in [7, 11) is 1.55. The standard InChI is InChI=1S/C16H16N4O3/c1-22-11-7-8-13-12(9-11)18-16(21)14(19-20-17)15(23-13)10-5-3-2-4-6-10/h2-9,14-15H,1H3,(H2,17,19)(H,18,21)/t14-,15+/m0/s1. The van der Waals surface area contributed by atoms with Crippen molar-refractivity contribution in [2.45, 2.75) is 12.1 Å². The molecule has 7 heteroatoms.